The molecule has 0 fully saturated rings. The molecule has 2 aliphatic rings. The number of amides is 1. The van der Waals surface area contributed by atoms with Crippen molar-refractivity contribution < 1.29 is 28.5 Å². The Morgan fingerprint density at radius 3 is 2.75 bits per heavy atom. The van der Waals surface area contributed by atoms with Crippen molar-refractivity contribution in [1.29, 1.82) is 0 Å². The van der Waals surface area contributed by atoms with Gasteiger partial charge in [0.1, 0.15) is 10.8 Å². The van der Waals surface area contributed by atoms with Crippen LogP contribution >= 0.6 is 23.6 Å². The summed E-state index contributed by atoms with van der Waals surface area (Å²) in [6.45, 7) is 1.77. The Kier molecular flexibility index (Phi) is 6.66. The van der Waals surface area contributed by atoms with Crippen LogP contribution in [0.5, 0.6) is 17.2 Å². The number of hydrazine groups is 1. The zero-order valence-corrected chi connectivity index (χ0v) is 19.2. The molecule has 2 aromatic rings. The summed E-state index contributed by atoms with van der Waals surface area (Å²) in [4.78, 5) is 25.9. The molecule has 1 aliphatic carbocycles. The summed E-state index contributed by atoms with van der Waals surface area (Å²) < 4.78 is 21.2. The number of rotatable bonds is 5. The molecule has 4 rings (SSSR count). The standard InChI is InChI=1S/C21H23N3O6S2/c1-11(30-12-7-8-14-15(9-12)29-10-28-14)18(25)23-24-21(31)22-19-17(20(26)27-2)13-5-3-4-6-16(13)32-19/h7-9,11H,3-6,10H2,1-2H3,(H,23,25)(H2,22,24,31). The van der Waals surface area contributed by atoms with E-state index in [1.165, 1.54) is 18.4 Å². The summed E-state index contributed by atoms with van der Waals surface area (Å²) in [6.07, 6.45) is 3.09. The predicted molar refractivity (Wildman–Crippen MR) is 122 cm³/mol. The highest BCUT2D eigenvalue weighted by Gasteiger charge is 2.26. The number of thiophene rings is 1. The van der Waals surface area contributed by atoms with Gasteiger partial charge in [0.15, 0.2) is 22.7 Å². The van der Waals surface area contributed by atoms with Crippen molar-refractivity contribution in [2.45, 2.75) is 38.7 Å². The van der Waals surface area contributed by atoms with Crippen molar-refractivity contribution in [3.8, 4) is 17.2 Å². The second-order valence-corrected chi connectivity index (χ2v) is 8.76. The molecule has 0 radical (unpaired) electrons. The summed E-state index contributed by atoms with van der Waals surface area (Å²) in [5.74, 6) is 0.854. The first-order valence-electron chi connectivity index (χ1n) is 10.1. The summed E-state index contributed by atoms with van der Waals surface area (Å²) in [5.41, 5.74) is 6.71. The summed E-state index contributed by atoms with van der Waals surface area (Å²) in [7, 11) is 1.36. The number of carbonyl (C=O) groups is 2. The van der Waals surface area contributed by atoms with Crippen LogP contribution in [0.15, 0.2) is 18.2 Å². The van der Waals surface area contributed by atoms with Gasteiger partial charge in [-0.2, -0.15) is 0 Å². The average molecular weight is 478 g/mol. The predicted octanol–water partition coefficient (Wildman–Crippen LogP) is 2.93. The third-order valence-electron chi connectivity index (χ3n) is 5.11. The maximum absolute atomic E-state index is 12.4. The van der Waals surface area contributed by atoms with Crippen LogP contribution in [0.2, 0.25) is 0 Å². The summed E-state index contributed by atoms with van der Waals surface area (Å²) in [6, 6.07) is 5.08. The molecule has 2 heterocycles. The van der Waals surface area contributed by atoms with E-state index in [0.717, 1.165) is 36.1 Å². The minimum Gasteiger partial charge on any atom is -0.481 e. The van der Waals surface area contributed by atoms with Gasteiger partial charge < -0.3 is 24.3 Å². The Balaban J connectivity index is 1.33. The molecule has 1 aromatic heterocycles. The zero-order chi connectivity index (χ0) is 22.7. The number of anilines is 1. The van der Waals surface area contributed by atoms with Gasteiger partial charge >= 0.3 is 5.97 Å². The fraction of sp³-hybridized carbons (Fsp3) is 0.381. The third kappa shape index (κ3) is 4.73. The Labute approximate surface area is 194 Å². The molecule has 0 bridgehead atoms. The first kappa shape index (κ1) is 22.2. The number of hydrogen-bond acceptors (Lipinski definition) is 8. The van der Waals surface area contributed by atoms with Crippen LogP contribution in [0.4, 0.5) is 5.00 Å². The van der Waals surface area contributed by atoms with Crippen LogP contribution in [-0.4, -0.2) is 37.0 Å². The normalized spacial score (nSPS) is 14.7. The molecular formula is C21H23N3O6S2. The Morgan fingerprint density at radius 2 is 1.94 bits per heavy atom. The van der Waals surface area contributed by atoms with Gasteiger partial charge in [-0.15, -0.1) is 11.3 Å². The van der Waals surface area contributed by atoms with Gasteiger partial charge in [-0.3, -0.25) is 15.6 Å². The smallest absolute Gasteiger partial charge is 0.341 e. The number of ether oxygens (including phenoxy) is 4. The number of carbonyl (C=O) groups excluding carboxylic acids is 2. The lowest BCUT2D eigenvalue weighted by molar-refractivity contribution is -0.127. The van der Waals surface area contributed by atoms with E-state index >= 15 is 0 Å². The minimum atomic E-state index is -0.801. The third-order valence-corrected chi connectivity index (χ3v) is 6.52. The van der Waals surface area contributed by atoms with Gasteiger partial charge in [0, 0.05) is 10.9 Å². The van der Waals surface area contributed by atoms with Crippen molar-refractivity contribution in [3.05, 3.63) is 34.2 Å². The summed E-state index contributed by atoms with van der Waals surface area (Å²) >= 11 is 6.78. The highest BCUT2D eigenvalue weighted by atomic mass is 32.1. The van der Waals surface area contributed by atoms with Crippen molar-refractivity contribution in [2.75, 3.05) is 19.2 Å². The van der Waals surface area contributed by atoms with Crippen LogP contribution in [0, 0.1) is 0 Å². The van der Waals surface area contributed by atoms with Gasteiger partial charge in [-0.05, 0) is 62.5 Å². The topological polar surface area (TPSA) is 107 Å². The Morgan fingerprint density at radius 1 is 1.16 bits per heavy atom. The van der Waals surface area contributed by atoms with Crippen LogP contribution in [-0.2, 0) is 22.4 Å². The number of fused-ring (bicyclic) bond motifs is 2. The second-order valence-electron chi connectivity index (χ2n) is 7.25. The van der Waals surface area contributed by atoms with E-state index in [9.17, 15) is 9.59 Å². The molecule has 0 saturated heterocycles. The van der Waals surface area contributed by atoms with E-state index in [-0.39, 0.29) is 11.9 Å². The van der Waals surface area contributed by atoms with E-state index in [2.05, 4.69) is 16.2 Å². The maximum atomic E-state index is 12.4. The molecule has 3 N–H and O–H groups in total. The fourth-order valence-corrected chi connectivity index (χ4v) is 5.03. The van der Waals surface area contributed by atoms with Crippen LogP contribution in [0.25, 0.3) is 0 Å². The largest absolute Gasteiger partial charge is 0.481 e. The molecule has 9 nitrogen and oxygen atoms in total. The number of methoxy groups -OCH3 is 1. The molecular weight excluding hydrogens is 454 g/mol. The number of nitrogens with one attached hydrogen (secondary N) is 3. The van der Waals surface area contributed by atoms with E-state index in [1.807, 2.05) is 0 Å². The quantitative estimate of drug-likeness (QED) is 0.340. The van der Waals surface area contributed by atoms with E-state index in [4.69, 9.17) is 31.2 Å². The Bertz CT molecular complexity index is 1050. The molecule has 0 saturated carbocycles. The average Bonchev–Trinajstić information content (AvgIpc) is 3.40. The number of hydrogen-bond donors (Lipinski definition) is 3. The second kappa shape index (κ2) is 9.61. The van der Waals surface area contributed by atoms with Gasteiger partial charge in [0.05, 0.1) is 12.7 Å². The van der Waals surface area contributed by atoms with Crippen molar-refractivity contribution in [2.24, 2.45) is 0 Å². The van der Waals surface area contributed by atoms with Gasteiger partial charge in [0.2, 0.25) is 6.79 Å². The molecule has 170 valence electrons. The first-order valence-corrected chi connectivity index (χ1v) is 11.3. The molecule has 1 aromatic carbocycles. The molecule has 1 aliphatic heterocycles. The highest BCUT2D eigenvalue weighted by molar-refractivity contribution is 7.80. The van der Waals surface area contributed by atoms with Gasteiger partial charge in [0.25, 0.3) is 5.91 Å². The molecule has 0 spiro atoms. The lowest BCUT2D eigenvalue weighted by atomic mass is 9.95. The zero-order valence-electron chi connectivity index (χ0n) is 17.6. The number of esters is 1. The number of aryl methyl sites for hydroxylation is 1. The van der Waals surface area contributed by atoms with E-state index in [0.29, 0.717) is 27.8 Å². The lowest BCUT2D eigenvalue weighted by Crippen LogP contribution is -2.48. The minimum absolute atomic E-state index is 0.150. The molecule has 1 atom stereocenters. The molecule has 11 heteroatoms. The first-order chi connectivity index (χ1) is 15.5. The monoisotopic (exact) mass is 477 g/mol. The van der Waals surface area contributed by atoms with Crippen LogP contribution in [0.3, 0.4) is 0 Å². The van der Waals surface area contributed by atoms with Crippen LogP contribution in [0.1, 0.15) is 40.6 Å². The van der Waals surface area contributed by atoms with Crippen LogP contribution < -0.4 is 30.4 Å². The molecule has 1 amide bonds. The maximum Gasteiger partial charge on any atom is 0.341 e. The Hall–Kier alpha value is -3.05. The fourth-order valence-electron chi connectivity index (χ4n) is 3.53. The van der Waals surface area contributed by atoms with Crippen molar-refractivity contribution >= 4 is 45.5 Å². The number of benzene rings is 1. The van der Waals surface area contributed by atoms with Crippen molar-refractivity contribution in [1.82, 2.24) is 10.9 Å². The van der Waals surface area contributed by atoms with Gasteiger partial charge in [-0.25, -0.2) is 4.79 Å². The van der Waals surface area contributed by atoms with E-state index in [1.54, 1.807) is 25.1 Å². The SMILES string of the molecule is COC(=O)c1c(NC(=S)NNC(=O)C(C)Oc2ccc3c(c2)OCO3)sc2c1CCCC2. The summed E-state index contributed by atoms with van der Waals surface area (Å²) in [5, 5.41) is 3.77. The molecule has 32 heavy (non-hydrogen) atoms. The number of thiocarbonyl (C=S) groups is 1. The van der Waals surface area contributed by atoms with Gasteiger partial charge in [-0.1, -0.05) is 0 Å². The van der Waals surface area contributed by atoms with Crippen molar-refractivity contribution in [3.63, 3.8) is 0 Å². The molecule has 1 unspecified atom stereocenters. The van der Waals surface area contributed by atoms with E-state index < -0.39 is 18.0 Å². The highest BCUT2D eigenvalue weighted by Crippen LogP contribution is 2.38. The lowest BCUT2D eigenvalue weighted by Gasteiger charge is -2.16.